The molecule has 84 valence electrons. The van der Waals surface area contributed by atoms with E-state index < -0.39 is 0 Å². The molecule has 3 heterocycles. The molecule has 1 saturated heterocycles. The van der Waals surface area contributed by atoms with Gasteiger partial charge in [-0.15, -0.1) is 0 Å². The first kappa shape index (κ1) is 9.56. The molecule has 2 aromatic rings. The van der Waals surface area contributed by atoms with Crippen molar-refractivity contribution >= 4 is 0 Å². The molecular weight excluding hydrogens is 210 g/mol. The first-order chi connectivity index (χ1) is 7.93. The lowest BCUT2D eigenvalue weighted by atomic mass is 10.3. The molecule has 2 aromatic heterocycles. The summed E-state index contributed by atoms with van der Waals surface area (Å²) in [6.07, 6.45) is 3.01. The molecule has 1 atom stereocenters. The average molecular weight is 221 g/mol. The summed E-state index contributed by atoms with van der Waals surface area (Å²) in [7, 11) is 0. The van der Waals surface area contributed by atoms with Gasteiger partial charge in [0, 0.05) is 13.1 Å². The maximum atomic E-state index is 5.52. The number of morpholine rings is 1. The van der Waals surface area contributed by atoms with Crippen molar-refractivity contribution in [1.29, 1.82) is 0 Å². The highest BCUT2D eigenvalue weighted by atomic mass is 16.5. The maximum absolute atomic E-state index is 5.52. The number of furan rings is 1. The lowest BCUT2D eigenvalue weighted by Crippen LogP contribution is -2.33. The van der Waals surface area contributed by atoms with Crippen molar-refractivity contribution in [2.24, 2.45) is 0 Å². The topological polar surface area (TPSA) is 73.3 Å². The highest BCUT2D eigenvalue weighted by molar-refractivity contribution is 5.49. The molecule has 1 aliphatic rings. The van der Waals surface area contributed by atoms with Crippen molar-refractivity contribution < 1.29 is 13.7 Å². The molecule has 3 rings (SSSR count). The van der Waals surface area contributed by atoms with Gasteiger partial charge in [0.1, 0.15) is 12.4 Å². The van der Waals surface area contributed by atoms with Crippen LogP contribution in [0, 0.1) is 0 Å². The van der Waals surface area contributed by atoms with E-state index in [9.17, 15) is 0 Å². The lowest BCUT2D eigenvalue weighted by molar-refractivity contribution is 0.0208. The Kier molecular flexibility index (Phi) is 2.43. The average Bonchev–Trinajstić information content (AvgIpc) is 3.01. The van der Waals surface area contributed by atoms with Crippen LogP contribution >= 0.6 is 0 Å². The van der Waals surface area contributed by atoms with Crippen molar-refractivity contribution in [3.63, 3.8) is 0 Å². The Balaban J connectivity index is 1.82. The summed E-state index contributed by atoms with van der Waals surface area (Å²) in [5.74, 6) is 1.03. The smallest absolute Gasteiger partial charge is 0.261 e. The minimum atomic E-state index is -0.127. The van der Waals surface area contributed by atoms with Gasteiger partial charge in [-0.25, -0.2) is 0 Å². The Morgan fingerprint density at radius 3 is 3.19 bits per heavy atom. The normalized spacial score (nSPS) is 21.1. The van der Waals surface area contributed by atoms with E-state index in [2.05, 4.69) is 15.5 Å². The van der Waals surface area contributed by atoms with Crippen LogP contribution in [0.4, 0.5) is 0 Å². The van der Waals surface area contributed by atoms with E-state index in [1.54, 1.807) is 18.6 Å². The van der Waals surface area contributed by atoms with Gasteiger partial charge in [-0.2, -0.15) is 4.98 Å². The third kappa shape index (κ3) is 1.72. The maximum Gasteiger partial charge on any atom is 0.261 e. The van der Waals surface area contributed by atoms with E-state index in [0.717, 1.165) is 12.1 Å². The summed E-state index contributed by atoms with van der Waals surface area (Å²) in [5, 5.41) is 7.12. The molecule has 6 heteroatoms. The zero-order valence-corrected chi connectivity index (χ0v) is 8.55. The van der Waals surface area contributed by atoms with Gasteiger partial charge in [0.05, 0.1) is 18.4 Å². The van der Waals surface area contributed by atoms with Gasteiger partial charge in [0.15, 0.2) is 0 Å². The van der Waals surface area contributed by atoms with Crippen LogP contribution in [0.1, 0.15) is 11.9 Å². The number of hydrogen-bond acceptors (Lipinski definition) is 6. The Morgan fingerprint density at radius 2 is 2.44 bits per heavy atom. The molecule has 0 radical (unpaired) electrons. The first-order valence-electron chi connectivity index (χ1n) is 5.12. The highest BCUT2D eigenvalue weighted by Gasteiger charge is 2.22. The molecule has 0 amide bonds. The fourth-order valence-electron chi connectivity index (χ4n) is 1.60. The monoisotopic (exact) mass is 221 g/mol. The number of rotatable bonds is 2. The molecule has 6 nitrogen and oxygen atoms in total. The summed E-state index contributed by atoms with van der Waals surface area (Å²) in [6, 6.07) is 1.78. The summed E-state index contributed by atoms with van der Waals surface area (Å²) >= 11 is 0. The second-order valence-corrected chi connectivity index (χ2v) is 3.53. The Bertz CT molecular complexity index is 446. The van der Waals surface area contributed by atoms with E-state index in [0.29, 0.717) is 24.9 Å². The molecule has 0 spiro atoms. The van der Waals surface area contributed by atoms with Crippen molar-refractivity contribution in [1.82, 2.24) is 15.5 Å². The molecule has 16 heavy (non-hydrogen) atoms. The number of ether oxygens (including phenoxy) is 1. The van der Waals surface area contributed by atoms with Crippen LogP contribution in [0.15, 0.2) is 27.5 Å². The van der Waals surface area contributed by atoms with Gasteiger partial charge in [-0.05, 0) is 6.07 Å². The number of hydrogen-bond donors (Lipinski definition) is 1. The van der Waals surface area contributed by atoms with Crippen LogP contribution in [0.2, 0.25) is 0 Å². The summed E-state index contributed by atoms with van der Waals surface area (Å²) in [6.45, 7) is 2.24. The van der Waals surface area contributed by atoms with Gasteiger partial charge < -0.3 is 19.0 Å². The number of aromatic nitrogens is 2. The van der Waals surface area contributed by atoms with Crippen LogP contribution in [0.3, 0.4) is 0 Å². The SMILES string of the molecule is c1cc(-c2nc(C3CNCCO3)no2)co1. The molecular formula is C10H11N3O3. The Labute approximate surface area is 91.6 Å². The van der Waals surface area contributed by atoms with Gasteiger partial charge >= 0.3 is 0 Å². The molecule has 1 unspecified atom stereocenters. The summed E-state index contributed by atoms with van der Waals surface area (Å²) < 4.78 is 15.6. The predicted octanol–water partition coefficient (Wildman–Crippen LogP) is 0.990. The second-order valence-electron chi connectivity index (χ2n) is 3.53. The first-order valence-corrected chi connectivity index (χ1v) is 5.12. The van der Waals surface area contributed by atoms with E-state index in [-0.39, 0.29) is 6.10 Å². The molecule has 0 saturated carbocycles. The largest absolute Gasteiger partial charge is 0.472 e. The zero-order chi connectivity index (χ0) is 10.8. The summed E-state index contributed by atoms with van der Waals surface area (Å²) in [4.78, 5) is 4.27. The van der Waals surface area contributed by atoms with Crippen molar-refractivity contribution in [3.8, 4) is 11.5 Å². The minimum absolute atomic E-state index is 0.127. The van der Waals surface area contributed by atoms with Crippen LogP contribution in [-0.2, 0) is 4.74 Å². The van der Waals surface area contributed by atoms with Crippen LogP contribution < -0.4 is 5.32 Å². The molecule has 0 aliphatic carbocycles. The zero-order valence-electron chi connectivity index (χ0n) is 8.55. The Morgan fingerprint density at radius 1 is 1.44 bits per heavy atom. The van der Waals surface area contributed by atoms with Crippen LogP contribution in [0.25, 0.3) is 11.5 Å². The molecule has 0 bridgehead atoms. The second kappa shape index (κ2) is 4.07. The molecule has 1 aliphatic heterocycles. The van der Waals surface area contributed by atoms with Gasteiger partial charge in [-0.1, -0.05) is 5.16 Å². The summed E-state index contributed by atoms with van der Waals surface area (Å²) in [5.41, 5.74) is 0.780. The van der Waals surface area contributed by atoms with E-state index in [4.69, 9.17) is 13.7 Å². The Hall–Kier alpha value is -1.66. The molecule has 1 fully saturated rings. The molecule has 1 N–H and O–H groups in total. The third-order valence-electron chi connectivity index (χ3n) is 2.43. The van der Waals surface area contributed by atoms with E-state index in [1.807, 2.05) is 0 Å². The highest BCUT2D eigenvalue weighted by Crippen LogP contribution is 2.21. The van der Waals surface area contributed by atoms with Crippen molar-refractivity contribution in [2.45, 2.75) is 6.10 Å². The standard InChI is InChI=1S/C10H11N3O3/c1-3-14-6-7(1)10-12-9(13-16-10)8-5-11-2-4-15-8/h1,3,6,8,11H,2,4-5H2. The van der Waals surface area contributed by atoms with Crippen LogP contribution in [-0.4, -0.2) is 29.8 Å². The van der Waals surface area contributed by atoms with Gasteiger partial charge in [-0.3, -0.25) is 0 Å². The molecule has 0 aromatic carbocycles. The van der Waals surface area contributed by atoms with Gasteiger partial charge in [0.25, 0.3) is 5.89 Å². The van der Waals surface area contributed by atoms with E-state index in [1.165, 1.54) is 0 Å². The van der Waals surface area contributed by atoms with Gasteiger partial charge in [0.2, 0.25) is 5.82 Å². The number of nitrogens with zero attached hydrogens (tertiary/aromatic N) is 2. The lowest BCUT2D eigenvalue weighted by Gasteiger charge is -2.20. The number of nitrogens with one attached hydrogen (secondary N) is 1. The van der Waals surface area contributed by atoms with Crippen LogP contribution in [0.5, 0.6) is 0 Å². The minimum Gasteiger partial charge on any atom is -0.472 e. The quantitative estimate of drug-likeness (QED) is 0.815. The van der Waals surface area contributed by atoms with Crippen molar-refractivity contribution in [2.75, 3.05) is 19.7 Å². The van der Waals surface area contributed by atoms with Crippen molar-refractivity contribution in [3.05, 3.63) is 24.4 Å². The fourth-order valence-corrected chi connectivity index (χ4v) is 1.60. The third-order valence-corrected chi connectivity index (χ3v) is 2.43. The predicted molar refractivity (Wildman–Crippen MR) is 53.6 cm³/mol. The fraction of sp³-hybridized carbons (Fsp3) is 0.400. The van der Waals surface area contributed by atoms with E-state index >= 15 is 0 Å².